The Kier molecular flexibility index (Phi) is 6.20. The van der Waals surface area contributed by atoms with Crippen molar-refractivity contribution in [3.8, 4) is 17.2 Å². The summed E-state index contributed by atoms with van der Waals surface area (Å²) < 4.78 is 17.0. The van der Waals surface area contributed by atoms with Gasteiger partial charge in [-0.25, -0.2) is 0 Å². The largest absolute Gasteiger partial charge is 0.486 e. The number of carbonyl (C=O) groups excluding carboxylic acids is 1. The summed E-state index contributed by atoms with van der Waals surface area (Å²) in [5.74, 6) is 1.29. The van der Waals surface area contributed by atoms with Gasteiger partial charge in [0.2, 0.25) is 0 Å². The van der Waals surface area contributed by atoms with Crippen LogP contribution in [0.1, 0.15) is 6.92 Å². The lowest BCUT2D eigenvalue weighted by molar-refractivity contribution is -0.384. The second-order valence-electron chi connectivity index (χ2n) is 6.09. The summed E-state index contributed by atoms with van der Waals surface area (Å²) in [6, 6.07) is 11.2. The molecule has 28 heavy (non-hydrogen) atoms. The number of nitro benzene ring substituents is 1. The number of nitrogens with zero attached hydrogens (tertiary/aromatic N) is 2. The van der Waals surface area contributed by atoms with Gasteiger partial charge in [0.05, 0.1) is 16.5 Å². The fourth-order valence-electron chi connectivity index (χ4n) is 2.76. The van der Waals surface area contributed by atoms with Crippen molar-refractivity contribution < 1.29 is 23.9 Å². The first kappa shape index (κ1) is 19.8. The molecule has 1 aliphatic heterocycles. The van der Waals surface area contributed by atoms with Gasteiger partial charge in [-0.1, -0.05) is 23.7 Å². The molecule has 9 heteroatoms. The van der Waals surface area contributed by atoms with Crippen LogP contribution >= 0.6 is 11.6 Å². The molecule has 0 aromatic heterocycles. The number of likely N-dealkylation sites (N-methyl/N-ethyl adjacent to an activating group) is 1. The van der Waals surface area contributed by atoms with E-state index in [4.69, 9.17) is 25.8 Å². The molecule has 0 aliphatic carbocycles. The molecule has 1 amide bonds. The van der Waals surface area contributed by atoms with Crippen LogP contribution in [-0.4, -0.2) is 48.1 Å². The summed E-state index contributed by atoms with van der Waals surface area (Å²) in [5.41, 5.74) is -0.145. The molecule has 0 N–H and O–H groups in total. The van der Waals surface area contributed by atoms with Gasteiger partial charge in [0.15, 0.2) is 24.2 Å². The summed E-state index contributed by atoms with van der Waals surface area (Å²) >= 11 is 5.98. The standard InChI is InChI=1S/C19H19ClN2O6/c1-2-21(10-14-11-26-17-5-3-4-6-18(17)28-14)19(23)12-27-16-8-7-13(22(24)25)9-15(16)20/h3-9,14H,2,10-12H2,1H3/t14-/m1/s1. The third-order valence-corrected chi connectivity index (χ3v) is 4.50. The van der Waals surface area contributed by atoms with E-state index in [0.29, 0.717) is 31.2 Å². The zero-order chi connectivity index (χ0) is 20.1. The Labute approximate surface area is 166 Å². The number of hydrogen-bond acceptors (Lipinski definition) is 6. The molecule has 2 aromatic carbocycles. The number of fused-ring (bicyclic) bond motifs is 1. The lowest BCUT2D eigenvalue weighted by Gasteiger charge is -2.30. The summed E-state index contributed by atoms with van der Waals surface area (Å²) in [7, 11) is 0. The first-order valence-electron chi connectivity index (χ1n) is 8.71. The molecule has 1 atom stereocenters. The van der Waals surface area contributed by atoms with Gasteiger partial charge in [0.1, 0.15) is 12.4 Å². The topological polar surface area (TPSA) is 91.1 Å². The van der Waals surface area contributed by atoms with Crippen LogP contribution < -0.4 is 14.2 Å². The number of halogens is 1. The molecule has 2 aromatic rings. The molecule has 1 aliphatic rings. The first-order chi connectivity index (χ1) is 13.5. The van der Waals surface area contributed by atoms with E-state index in [0.717, 1.165) is 0 Å². The van der Waals surface area contributed by atoms with Gasteiger partial charge in [-0.3, -0.25) is 14.9 Å². The lowest BCUT2D eigenvalue weighted by atomic mass is 10.2. The van der Waals surface area contributed by atoms with Crippen LogP contribution in [0, 0.1) is 10.1 Å². The molecule has 0 spiro atoms. The fraction of sp³-hybridized carbons (Fsp3) is 0.316. The van der Waals surface area contributed by atoms with Crippen LogP contribution in [0.4, 0.5) is 5.69 Å². The summed E-state index contributed by atoms with van der Waals surface area (Å²) in [5, 5.41) is 10.8. The van der Waals surface area contributed by atoms with Crippen molar-refractivity contribution in [1.82, 2.24) is 4.90 Å². The van der Waals surface area contributed by atoms with Crippen molar-refractivity contribution in [2.75, 3.05) is 26.3 Å². The third-order valence-electron chi connectivity index (χ3n) is 4.20. The van der Waals surface area contributed by atoms with E-state index in [-0.39, 0.29) is 35.1 Å². The van der Waals surface area contributed by atoms with E-state index in [9.17, 15) is 14.9 Å². The highest BCUT2D eigenvalue weighted by atomic mass is 35.5. The highest BCUT2D eigenvalue weighted by Gasteiger charge is 2.25. The number of rotatable bonds is 7. The van der Waals surface area contributed by atoms with Crippen molar-refractivity contribution in [3.05, 3.63) is 57.6 Å². The monoisotopic (exact) mass is 406 g/mol. The minimum atomic E-state index is -0.552. The molecular formula is C19H19ClN2O6. The predicted octanol–water partition coefficient (Wildman–Crippen LogP) is 3.32. The Hall–Kier alpha value is -3.00. The molecule has 0 bridgehead atoms. The average Bonchev–Trinajstić information content (AvgIpc) is 2.70. The van der Waals surface area contributed by atoms with Crippen molar-refractivity contribution in [2.45, 2.75) is 13.0 Å². The van der Waals surface area contributed by atoms with Crippen LogP contribution in [0.15, 0.2) is 42.5 Å². The minimum absolute atomic E-state index is 0.0747. The lowest BCUT2D eigenvalue weighted by Crippen LogP contribution is -2.45. The molecule has 8 nitrogen and oxygen atoms in total. The molecular weight excluding hydrogens is 388 g/mol. The average molecular weight is 407 g/mol. The van der Waals surface area contributed by atoms with E-state index in [1.165, 1.54) is 18.2 Å². The maximum atomic E-state index is 12.5. The van der Waals surface area contributed by atoms with Gasteiger partial charge < -0.3 is 19.1 Å². The molecule has 3 rings (SSSR count). The molecule has 1 heterocycles. The van der Waals surface area contributed by atoms with Gasteiger partial charge in [0, 0.05) is 18.7 Å². The summed E-state index contributed by atoms with van der Waals surface area (Å²) in [6.45, 7) is 2.78. The quantitative estimate of drug-likeness (QED) is 0.517. The van der Waals surface area contributed by atoms with Crippen LogP contribution in [0.5, 0.6) is 17.2 Å². The minimum Gasteiger partial charge on any atom is -0.486 e. The molecule has 0 saturated heterocycles. The summed E-state index contributed by atoms with van der Waals surface area (Å²) in [6.07, 6.45) is -0.290. The maximum Gasteiger partial charge on any atom is 0.271 e. The SMILES string of the molecule is CCN(C[C@@H]1COc2ccccc2O1)C(=O)COc1ccc([N+](=O)[O-])cc1Cl. The van der Waals surface area contributed by atoms with Crippen LogP contribution in [0.3, 0.4) is 0 Å². The van der Waals surface area contributed by atoms with Crippen LogP contribution in [0.2, 0.25) is 5.02 Å². The van der Waals surface area contributed by atoms with Crippen LogP contribution in [-0.2, 0) is 4.79 Å². The Morgan fingerprint density at radius 2 is 2.07 bits per heavy atom. The number of benzene rings is 2. The molecule has 0 saturated carbocycles. The van der Waals surface area contributed by atoms with E-state index in [2.05, 4.69) is 0 Å². The Morgan fingerprint density at radius 3 is 2.75 bits per heavy atom. The van der Waals surface area contributed by atoms with Crippen molar-refractivity contribution in [1.29, 1.82) is 0 Å². The zero-order valence-corrected chi connectivity index (χ0v) is 15.9. The van der Waals surface area contributed by atoms with Gasteiger partial charge in [0.25, 0.3) is 11.6 Å². The maximum absolute atomic E-state index is 12.5. The Bertz CT molecular complexity index is 875. The smallest absolute Gasteiger partial charge is 0.271 e. The molecule has 148 valence electrons. The highest BCUT2D eigenvalue weighted by Crippen LogP contribution is 2.31. The first-order valence-corrected chi connectivity index (χ1v) is 9.08. The third kappa shape index (κ3) is 4.64. The number of ether oxygens (including phenoxy) is 3. The number of non-ortho nitro benzene ring substituents is 1. The van der Waals surface area contributed by atoms with E-state index in [1.54, 1.807) is 4.90 Å². The van der Waals surface area contributed by atoms with Crippen LogP contribution in [0.25, 0.3) is 0 Å². The number of nitro groups is 1. The number of amides is 1. The van der Waals surface area contributed by atoms with Gasteiger partial charge >= 0.3 is 0 Å². The fourth-order valence-corrected chi connectivity index (χ4v) is 2.99. The second kappa shape index (κ2) is 8.79. The predicted molar refractivity (Wildman–Crippen MR) is 102 cm³/mol. The Balaban J connectivity index is 1.56. The summed E-state index contributed by atoms with van der Waals surface area (Å²) in [4.78, 5) is 24.3. The Morgan fingerprint density at radius 1 is 1.32 bits per heavy atom. The van der Waals surface area contributed by atoms with Gasteiger partial charge in [-0.15, -0.1) is 0 Å². The van der Waals surface area contributed by atoms with E-state index in [1.807, 2.05) is 31.2 Å². The highest BCUT2D eigenvalue weighted by molar-refractivity contribution is 6.32. The molecule has 0 radical (unpaired) electrons. The van der Waals surface area contributed by atoms with Crippen molar-refractivity contribution >= 4 is 23.2 Å². The molecule has 0 fully saturated rings. The van der Waals surface area contributed by atoms with Crippen molar-refractivity contribution in [2.24, 2.45) is 0 Å². The number of para-hydroxylation sites is 2. The normalized spacial score (nSPS) is 15.0. The number of carbonyl (C=O) groups is 1. The number of hydrogen-bond donors (Lipinski definition) is 0. The zero-order valence-electron chi connectivity index (χ0n) is 15.2. The van der Waals surface area contributed by atoms with E-state index < -0.39 is 4.92 Å². The second-order valence-corrected chi connectivity index (χ2v) is 6.50. The van der Waals surface area contributed by atoms with E-state index >= 15 is 0 Å². The van der Waals surface area contributed by atoms with Crippen molar-refractivity contribution in [3.63, 3.8) is 0 Å². The van der Waals surface area contributed by atoms with Gasteiger partial charge in [-0.2, -0.15) is 0 Å². The molecule has 0 unspecified atom stereocenters. The van der Waals surface area contributed by atoms with Gasteiger partial charge in [-0.05, 0) is 25.1 Å².